The van der Waals surface area contributed by atoms with Gasteiger partial charge in [0.2, 0.25) is 5.91 Å². The zero-order valence-corrected chi connectivity index (χ0v) is 7.36. The highest BCUT2D eigenvalue weighted by Gasteiger charge is 2.42. The minimum atomic E-state index is -0.333. The molecule has 2 saturated heterocycles. The summed E-state index contributed by atoms with van der Waals surface area (Å²) in [6.45, 7) is 2.22. The second-order valence-electron chi connectivity index (χ2n) is 3.27. The normalized spacial score (nSPS) is 32.1. The fourth-order valence-electron chi connectivity index (χ4n) is 1.59. The third-order valence-electron chi connectivity index (χ3n) is 2.22. The fourth-order valence-corrected chi connectivity index (χ4v) is 1.59. The first-order valence-electron chi connectivity index (χ1n) is 4.25. The maximum Gasteiger partial charge on any atom is 0.303 e. The van der Waals surface area contributed by atoms with Crippen LogP contribution in [-0.4, -0.2) is 42.3 Å². The Balaban J connectivity index is 1.89. The lowest BCUT2D eigenvalue weighted by Gasteiger charge is -2.45. The first-order valence-corrected chi connectivity index (χ1v) is 4.25. The van der Waals surface area contributed by atoms with Crippen molar-refractivity contribution in [2.75, 3.05) is 13.2 Å². The van der Waals surface area contributed by atoms with Crippen molar-refractivity contribution < 1.29 is 19.1 Å². The number of fused-ring (bicyclic) bond motifs is 1. The maximum atomic E-state index is 11.0. The average molecular weight is 185 g/mol. The molecule has 5 heteroatoms. The zero-order chi connectivity index (χ0) is 9.42. The molecule has 2 rings (SSSR count). The Morgan fingerprint density at radius 3 is 3.08 bits per heavy atom. The van der Waals surface area contributed by atoms with E-state index >= 15 is 0 Å². The van der Waals surface area contributed by atoms with Crippen LogP contribution in [0.4, 0.5) is 0 Å². The molecule has 0 radical (unpaired) electrons. The Labute approximate surface area is 75.6 Å². The van der Waals surface area contributed by atoms with Crippen LogP contribution in [0.3, 0.4) is 0 Å². The molecule has 13 heavy (non-hydrogen) atoms. The minimum Gasteiger partial charge on any atom is -0.458 e. The molecular weight excluding hydrogens is 174 g/mol. The molecule has 2 aliphatic rings. The highest BCUT2D eigenvalue weighted by molar-refractivity contribution is 5.82. The largest absolute Gasteiger partial charge is 0.458 e. The fraction of sp³-hybridized carbons (Fsp3) is 0.750. The molecule has 72 valence electrons. The van der Waals surface area contributed by atoms with Crippen LogP contribution in [0.5, 0.6) is 0 Å². The molecule has 0 aromatic carbocycles. The Morgan fingerprint density at radius 1 is 1.69 bits per heavy atom. The zero-order valence-electron chi connectivity index (χ0n) is 7.36. The van der Waals surface area contributed by atoms with Gasteiger partial charge in [-0.25, -0.2) is 0 Å². The van der Waals surface area contributed by atoms with Crippen LogP contribution >= 0.6 is 0 Å². The van der Waals surface area contributed by atoms with E-state index in [2.05, 4.69) is 0 Å². The molecule has 0 aliphatic carbocycles. The van der Waals surface area contributed by atoms with E-state index in [9.17, 15) is 9.59 Å². The number of nitrogens with zero attached hydrogens (tertiary/aromatic N) is 1. The number of esters is 1. The molecule has 0 spiro atoms. The van der Waals surface area contributed by atoms with Crippen molar-refractivity contribution in [1.82, 2.24) is 4.90 Å². The minimum absolute atomic E-state index is 0.0701. The second-order valence-corrected chi connectivity index (χ2v) is 3.27. The molecule has 2 heterocycles. The van der Waals surface area contributed by atoms with E-state index in [1.54, 1.807) is 4.90 Å². The number of carbonyl (C=O) groups excluding carboxylic acids is 2. The molecule has 0 saturated carbocycles. The van der Waals surface area contributed by atoms with E-state index in [1.165, 1.54) is 6.92 Å². The molecule has 0 unspecified atom stereocenters. The molecule has 0 bridgehead atoms. The first-order chi connectivity index (χ1) is 6.16. The summed E-state index contributed by atoms with van der Waals surface area (Å²) < 4.78 is 10.2. The van der Waals surface area contributed by atoms with Gasteiger partial charge in [0.25, 0.3) is 0 Å². The Kier molecular flexibility index (Phi) is 1.95. The van der Waals surface area contributed by atoms with Crippen LogP contribution in [0.1, 0.15) is 13.3 Å². The summed E-state index contributed by atoms with van der Waals surface area (Å²) in [5, 5.41) is 0. The number of amides is 1. The number of hydrogen-bond acceptors (Lipinski definition) is 4. The summed E-state index contributed by atoms with van der Waals surface area (Å²) in [4.78, 5) is 23.2. The van der Waals surface area contributed by atoms with Gasteiger partial charge in [0.15, 0.2) is 0 Å². The van der Waals surface area contributed by atoms with Crippen LogP contribution in [0.15, 0.2) is 0 Å². The highest BCUT2D eigenvalue weighted by Crippen LogP contribution is 2.25. The Morgan fingerprint density at radius 2 is 2.46 bits per heavy atom. The van der Waals surface area contributed by atoms with Crippen molar-refractivity contribution in [3.8, 4) is 0 Å². The highest BCUT2D eigenvalue weighted by atomic mass is 16.6. The third-order valence-corrected chi connectivity index (χ3v) is 2.22. The second kappa shape index (κ2) is 2.99. The van der Waals surface area contributed by atoms with E-state index in [0.717, 1.165) is 0 Å². The monoisotopic (exact) mass is 185 g/mol. The van der Waals surface area contributed by atoms with Gasteiger partial charge < -0.3 is 14.4 Å². The molecule has 2 atom stereocenters. The van der Waals surface area contributed by atoms with Crippen LogP contribution < -0.4 is 0 Å². The van der Waals surface area contributed by atoms with Gasteiger partial charge >= 0.3 is 5.97 Å². The molecule has 0 aromatic rings. The first kappa shape index (κ1) is 8.50. The number of rotatable bonds is 1. The van der Waals surface area contributed by atoms with Crippen molar-refractivity contribution in [2.45, 2.75) is 25.7 Å². The van der Waals surface area contributed by atoms with Crippen molar-refractivity contribution >= 4 is 11.9 Å². The number of β-lactam (4-membered cyclic amide) rings is 1. The van der Waals surface area contributed by atoms with Crippen LogP contribution in [0, 0.1) is 0 Å². The van der Waals surface area contributed by atoms with Gasteiger partial charge in [-0.2, -0.15) is 0 Å². The lowest BCUT2D eigenvalue weighted by Crippen LogP contribution is -2.61. The lowest BCUT2D eigenvalue weighted by molar-refractivity contribution is -0.208. The van der Waals surface area contributed by atoms with E-state index in [1.807, 2.05) is 0 Å². The van der Waals surface area contributed by atoms with Gasteiger partial charge in [0.05, 0.1) is 19.6 Å². The van der Waals surface area contributed by atoms with Gasteiger partial charge in [-0.3, -0.25) is 9.59 Å². The van der Waals surface area contributed by atoms with Crippen molar-refractivity contribution in [1.29, 1.82) is 0 Å². The standard InChI is InChI=1S/C8H11NO4/c1-5(10)13-6-3-9-7(11)2-8(9)12-4-6/h6,8H,2-4H2,1H3/t6-,8+/m0/s1. The average Bonchev–Trinajstić information content (AvgIpc) is 2.05. The maximum absolute atomic E-state index is 11.0. The molecule has 2 fully saturated rings. The summed E-state index contributed by atoms with van der Waals surface area (Å²) in [5.41, 5.74) is 0. The van der Waals surface area contributed by atoms with Crippen LogP contribution in [0.25, 0.3) is 0 Å². The summed E-state index contributed by atoms with van der Waals surface area (Å²) in [7, 11) is 0. The predicted molar refractivity (Wildman–Crippen MR) is 41.6 cm³/mol. The molecule has 0 aromatic heterocycles. The van der Waals surface area contributed by atoms with E-state index in [4.69, 9.17) is 9.47 Å². The number of ether oxygens (including phenoxy) is 2. The quantitative estimate of drug-likeness (QED) is 0.408. The predicted octanol–water partition coefficient (Wildman–Crippen LogP) is -0.493. The van der Waals surface area contributed by atoms with Crippen molar-refractivity contribution in [3.05, 3.63) is 0 Å². The molecular formula is C8H11NO4. The van der Waals surface area contributed by atoms with Crippen LogP contribution in [-0.2, 0) is 19.1 Å². The van der Waals surface area contributed by atoms with E-state index in [0.29, 0.717) is 19.6 Å². The lowest BCUT2D eigenvalue weighted by atomic mass is 10.1. The summed E-state index contributed by atoms with van der Waals surface area (Å²) in [6, 6.07) is 0. The topological polar surface area (TPSA) is 55.8 Å². The van der Waals surface area contributed by atoms with Crippen molar-refractivity contribution in [3.63, 3.8) is 0 Å². The SMILES string of the molecule is CC(=O)O[C@@H]1CO[C@@H]2CC(=O)N2C1. The summed E-state index contributed by atoms with van der Waals surface area (Å²) >= 11 is 0. The van der Waals surface area contributed by atoms with Gasteiger partial charge in [-0.15, -0.1) is 0 Å². The van der Waals surface area contributed by atoms with Gasteiger partial charge in [0, 0.05) is 6.92 Å². The third kappa shape index (κ3) is 1.51. The molecule has 5 nitrogen and oxygen atoms in total. The van der Waals surface area contributed by atoms with E-state index in [-0.39, 0.29) is 24.2 Å². The smallest absolute Gasteiger partial charge is 0.303 e. The Bertz CT molecular complexity index is 253. The van der Waals surface area contributed by atoms with Crippen LogP contribution in [0.2, 0.25) is 0 Å². The van der Waals surface area contributed by atoms with E-state index < -0.39 is 0 Å². The number of carbonyl (C=O) groups is 2. The van der Waals surface area contributed by atoms with Gasteiger partial charge in [-0.1, -0.05) is 0 Å². The van der Waals surface area contributed by atoms with Crippen molar-refractivity contribution in [2.24, 2.45) is 0 Å². The number of hydrogen-bond donors (Lipinski definition) is 0. The molecule has 1 amide bonds. The summed E-state index contributed by atoms with van der Waals surface area (Å²) in [5.74, 6) is -0.262. The van der Waals surface area contributed by atoms with Gasteiger partial charge in [0.1, 0.15) is 12.3 Å². The molecule has 2 aliphatic heterocycles. The van der Waals surface area contributed by atoms with Gasteiger partial charge in [-0.05, 0) is 0 Å². The Hall–Kier alpha value is -1.10. The summed E-state index contributed by atoms with van der Waals surface area (Å²) in [6.07, 6.45) is 0.101. The molecule has 0 N–H and O–H groups in total.